The summed E-state index contributed by atoms with van der Waals surface area (Å²) in [6.07, 6.45) is 1.69. The van der Waals surface area contributed by atoms with Crippen LogP contribution in [0.3, 0.4) is 0 Å². The number of benzene rings is 2. The molecule has 0 atom stereocenters. The molecule has 0 amide bonds. The highest BCUT2D eigenvalue weighted by Crippen LogP contribution is 2.18. The second-order valence-corrected chi connectivity index (χ2v) is 7.72. The van der Waals surface area contributed by atoms with Gasteiger partial charge in [-0.05, 0) is 30.2 Å². The lowest BCUT2D eigenvalue weighted by Gasteiger charge is -2.27. The van der Waals surface area contributed by atoms with Crippen LogP contribution in [0.4, 0.5) is 0 Å². The molecular weight excluding hydrogens is 402 g/mol. The summed E-state index contributed by atoms with van der Waals surface area (Å²) < 4.78 is 11.1. The maximum absolute atomic E-state index is 5.64. The smallest absolute Gasteiger partial charge is 0.226 e. The molecule has 1 aromatic heterocycles. The van der Waals surface area contributed by atoms with Gasteiger partial charge in [-0.1, -0.05) is 42.5 Å². The highest BCUT2D eigenvalue weighted by atomic mass is 16.5. The second-order valence-electron chi connectivity index (χ2n) is 7.72. The molecule has 2 N–H and O–H groups in total. The van der Waals surface area contributed by atoms with E-state index in [1.807, 2.05) is 30.3 Å². The quantitative estimate of drug-likeness (QED) is 0.419. The summed E-state index contributed by atoms with van der Waals surface area (Å²) in [5.74, 6) is 1.39. The number of nitrogens with one attached hydrogen (secondary N) is 2. The number of aromatic nitrogens is 1. The van der Waals surface area contributed by atoms with E-state index in [2.05, 4.69) is 51.7 Å². The topological polar surface area (TPSA) is 74.9 Å². The van der Waals surface area contributed by atoms with Gasteiger partial charge in [0, 0.05) is 31.7 Å². The predicted molar refractivity (Wildman–Crippen MR) is 126 cm³/mol. The van der Waals surface area contributed by atoms with E-state index >= 15 is 0 Å². The van der Waals surface area contributed by atoms with E-state index in [4.69, 9.17) is 14.1 Å². The van der Waals surface area contributed by atoms with Crippen molar-refractivity contribution < 1.29 is 9.15 Å². The van der Waals surface area contributed by atoms with Crippen LogP contribution in [-0.4, -0.2) is 48.7 Å². The molecule has 1 saturated heterocycles. The van der Waals surface area contributed by atoms with Gasteiger partial charge in [0.2, 0.25) is 5.89 Å². The molecule has 2 heterocycles. The van der Waals surface area contributed by atoms with Gasteiger partial charge in [-0.15, -0.1) is 0 Å². The van der Waals surface area contributed by atoms with Crippen LogP contribution in [0.1, 0.15) is 23.7 Å². The molecule has 168 valence electrons. The summed E-state index contributed by atoms with van der Waals surface area (Å²) in [4.78, 5) is 11.8. The van der Waals surface area contributed by atoms with Crippen molar-refractivity contribution in [1.82, 2.24) is 20.5 Å². The number of morpholine rings is 1. The van der Waals surface area contributed by atoms with E-state index in [1.165, 1.54) is 11.1 Å². The lowest BCUT2D eigenvalue weighted by Crippen LogP contribution is -2.37. The first-order valence-electron chi connectivity index (χ1n) is 11.2. The fraction of sp³-hybridized carbons (Fsp3) is 0.360. The number of guanidine groups is 1. The molecule has 4 rings (SSSR count). The van der Waals surface area contributed by atoms with E-state index in [0.717, 1.165) is 56.6 Å². The molecule has 32 heavy (non-hydrogen) atoms. The predicted octanol–water partition coefficient (Wildman–Crippen LogP) is 3.43. The summed E-state index contributed by atoms with van der Waals surface area (Å²) in [6, 6.07) is 18.4. The van der Waals surface area contributed by atoms with Crippen LogP contribution in [0.5, 0.6) is 0 Å². The Labute approximate surface area is 189 Å². The Hall–Kier alpha value is -3.16. The first kappa shape index (κ1) is 22.0. The van der Waals surface area contributed by atoms with Gasteiger partial charge < -0.3 is 19.8 Å². The number of aliphatic imine (C=N–C) groups is 1. The number of hydrogen-bond donors (Lipinski definition) is 2. The third-order valence-corrected chi connectivity index (χ3v) is 5.38. The van der Waals surface area contributed by atoms with Crippen molar-refractivity contribution in [2.45, 2.75) is 26.6 Å². The summed E-state index contributed by atoms with van der Waals surface area (Å²) >= 11 is 0. The van der Waals surface area contributed by atoms with E-state index < -0.39 is 0 Å². The van der Waals surface area contributed by atoms with Gasteiger partial charge in [0.1, 0.15) is 6.26 Å². The van der Waals surface area contributed by atoms with Crippen molar-refractivity contribution in [3.05, 3.63) is 77.7 Å². The number of rotatable bonds is 8. The van der Waals surface area contributed by atoms with Crippen molar-refractivity contribution in [1.29, 1.82) is 0 Å². The van der Waals surface area contributed by atoms with E-state index in [1.54, 1.807) is 6.26 Å². The minimum absolute atomic E-state index is 0.539. The van der Waals surface area contributed by atoms with Crippen molar-refractivity contribution in [3.63, 3.8) is 0 Å². The van der Waals surface area contributed by atoms with Gasteiger partial charge in [0.05, 0.1) is 32.0 Å². The third kappa shape index (κ3) is 6.18. The molecule has 1 aliphatic heterocycles. The Morgan fingerprint density at radius 1 is 1.00 bits per heavy atom. The standard InChI is InChI=1S/C25H31N5O2/c1-2-26-25(28-17-23-19-32-24(29-23)20-8-4-3-5-9-20)27-16-21-10-6-7-11-22(21)18-30-12-14-31-15-13-30/h3-11,19H,2,12-18H2,1H3,(H2,26,27,28). The molecule has 7 nitrogen and oxygen atoms in total. The maximum Gasteiger partial charge on any atom is 0.226 e. The van der Waals surface area contributed by atoms with Gasteiger partial charge in [-0.25, -0.2) is 9.98 Å². The number of nitrogens with zero attached hydrogens (tertiary/aromatic N) is 3. The van der Waals surface area contributed by atoms with Crippen molar-refractivity contribution in [3.8, 4) is 11.5 Å². The normalized spacial score (nSPS) is 15.0. The average Bonchev–Trinajstić information content (AvgIpc) is 3.32. The zero-order valence-corrected chi connectivity index (χ0v) is 18.6. The molecule has 0 aliphatic carbocycles. The molecule has 7 heteroatoms. The minimum atomic E-state index is 0.539. The molecule has 2 aromatic carbocycles. The van der Waals surface area contributed by atoms with E-state index in [-0.39, 0.29) is 0 Å². The van der Waals surface area contributed by atoms with Crippen LogP contribution in [0.25, 0.3) is 11.5 Å². The first-order valence-corrected chi connectivity index (χ1v) is 11.2. The van der Waals surface area contributed by atoms with E-state index in [9.17, 15) is 0 Å². The van der Waals surface area contributed by atoms with Gasteiger partial charge in [0.15, 0.2) is 5.96 Å². The lowest BCUT2D eigenvalue weighted by atomic mass is 10.1. The molecule has 1 fully saturated rings. The maximum atomic E-state index is 5.64. The van der Waals surface area contributed by atoms with Crippen molar-refractivity contribution in [2.24, 2.45) is 4.99 Å². The first-order chi connectivity index (χ1) is 15.8. The molecular formula is C25H31N5O2. The highest BCUT2D eigenvalue weighted by Gasteiger charge is 2.13. The molecule has 1 aliphatic rings. The van der Waals surface area contributed by atoms with Gasteiger partial charge in [-0.2, -0.15) is 0 Å². The Kier molecular flexibility index (Phi) is 7.89. The van der Waals surface area contributed by atoms with Gasteiger partial charge >= 0.3 is 0 Å². The highest BCUT2D eigenvalue weighted by molar-refractivity contribution is 5.79. The summed E-state index contributed by atoms with van der Waals surface area (Å²) in [6.45, 7) is 8.50. The van der Waals surface area contributed by atoms with Crippen LogP contribution in [0.2, 0.25) is 0 Å². The van der Waals surface area contributed by atoms with Crippen LogP contribution in [0.15, 0.2) is 70.3 Å². The van der Waals surface area contributed by atoms with Crippen LogP contribution < -0.4 is 10.6 Å². The second kappa shape index (κ2) is 11.5. The Balaban J connectivity index is 1.38. The summed E-state index contributed by atoms with van der Waals surface area (Å²) in [5.41, 5.74) is 4.36. The van der Waals surface area contributed by atoms with Crippen molar-refractivity contribution in [2.75, 3.05) is 32.8 Å². The molecule has 0 saturated carbocycles. The van der Waals surface area contributed by atoms with Crippen LogP contribution in [-0.2, 0) is 24.4 Å². The lowest BCUT2D eigenvalue weighted by molar-refractivity contribution is 0.0341. The average molecular weight is 434 g/mol. The third-order valence-electron chi connectivity index (χ3n) is 5.38. The molecule has 0 unspecified atom stereocenters. The van der Waals surface area contributed by atoms with Gasteiger partial charge in [0.25, 0.3) is 0 Å². The summed E-state index contributed by atoms with van der Waals surface area (Å²) in [7, 11) is 0. The Morgan fingerprint density at radius 3 is 2.53 bits per heavy atom. The largest absolute Gasteiger partial charge is 0.444 e. The van der Waals surface area contributed by atoms with Crippen molar-refractivity contribution >= 4 is 5.96 Å². The fourth-order valence-corrected chi connectivity index (χ4v) is 3.65. The fourth-order valence-electron chi connectivity index (χ4n) is 3.65. The molecule has 0 spiro atoms. The molecule has 0 bridgehead atoms. The SMILES string of the molecule is CCNC(=NCc1ccccc1CN1CCOCC1)NCc1coc(-c2ccccc2)n1. The van der Waals surface area contributed by atoms with Crippen LogP contribution >= 0.6 is 0 Å². The van der Waals surface area contributed by atoms with Gasteiger partial charge in [-0.3, -0.25) is 4.90 Å². The number of hydrogen-bond acceptors (Lipinski definition) is 5. The van der Waals surface area contributed by atoms with E-state index in [0.29, 0.717) is 19.0 Å². The minimum Gasteiger partial charge on any atom is -0.444 e. The molecule has 0 radical (unpaired) electrons. The zero-order valence-electron chi connectivity index (χ0n) is 18.6. The monoisotopic (exact) mass is 433 g/mol. The molecule has 3 aromatic rings. The Bertz CT molecular complexity index is 996. The Morgan fingerprint density at radius 2 is 1.75 bits per heavy atom. The summed E-state index contributed by atoms with van der Waals surface area (Å²) in [5, 5.41) is 6.68. The number of oxazole rings is 1. The van der Waals surface area contributed by atoms with Crippen LogP contribution in [0, 0.1) is 0 Å². The number of ether oxygens (including phenoxy) is 1. The zero-order chi connectivity index (χ0) is 22.0.